The highest BCUT2D eigenvalue weighted by Gasteiger charge is 2.09. The Labute approximate surface area is 99.6 Å². The Kier molecular flexibility index (Phi) is 3.24. The zero-order valence-corrected chi connectivity index (χ0v) is 10.6. The Bertz CT molecular complexity index is 502. The second-order valence-electron chi connectivity index (χ2n) is 4.23. The predicted molar refractivity (Wildman–Crippen MR) is 69.3 cm³/mol. The van der Waals surface area contributed by atoms with Gasteiger partial charge in [-0.15, -0.1) is 0 Å². The summed E-state index contributed by atoms with van der Waals surface area (Å²) < 4.78 is 15.6. The minimum atomic E-state index is -0.138. The first-order valence-electron chi connectivity index (χ1n) is 5.44. The molecule has 16 heavy (non-hydrogen) atoms. The largest absolute Gasteiger partial charge is 0.344 e. The van der Waals surface area contributed by atoms with E-state index in [1.54, 1.807) is 6.07 Å². The lowest BCUT2D eigenvalue weighted by Gasteiger charge is -2.06. The smallest absolute Gasteiger partial charge is 0.147 e. The van der Waals surface area contributed by atoms with E-state index >= 15 is 0 Å². The van der Waals surface area contributed by atoms with Crippen molar-refractivity contribution in [3.8, 4) is 0 Å². The van der Waals surface area contributed by atoms with E-state index in [1.165, 1.54) is 11.8 Å². The third kappa shape index (κ3) is 2.09. The quantitative estimate of drug-likeness (QED) is 0.782. The van der Waals surface area contributed by atoms with Gasteiger partial charge in [0.05, 0.1) is 5.52 Å². The van der Waals surface area contributed by atoms with Crippen LogP contribution in [0.4, 0.5) is 4.39 Å². The van der Waals surface area contributed by atoms with E-state index in [0.717, 1.165) is 11.1 Å². The first-order chi connectivity index (χ1) is 7.59. The number of para-hydroxylation sites is 1. The molecule has 0 fully saturated rings. The van der Waals surface area contributed by atoms with Crippen LogP contribution in [-0.2, 0) is 12.8 Å². The van der Waals surface area contributed by atoms with Gasteiger partial charge in [0.2, 0.25) is 0 Å². The number of halogens is 1. The van der Waals surface area contributed by atoms with Crippen LogP contribution in [0.1, 0.15) is 19.5 Å². The lowest BCUT2D eigenvalue weighted by Crippen LogP contribution is -1.97. The molecule has 3 heteroatoms. The maximum atomic E-state index is 13.6. The summed E-state index contributed by atoms with van der Waals surface area (Å²) in [5, 5.41) is 1.59. The summed E-state index contributed by atoms with van der Waals surface area (Å²) in [4.78, 5) is 0. The van der Waals surface area contributed by atoms with Crippen LogP contribution < -0.4 is 0 Å². The molecule has 1 nitrogen and oxygen atoms in total. The van der Waals surface area contributed by atoms with Crippen molar-refractivity contribution in [1.29, 1.82) is 0 Å². The van der Waals surface area contributed by atoms with E-state index in [-0.39, 0.29) is 5.82 Å². The molecule has 0 aliphatic heterocycles. The lowest BCUT2D eigenvalue weighted by atomic mass is 10.2. The Balaban J connectivity index is 2.40. The van der Waals surface area contributed by atoms with Crippen LogP contribution in [0, 0.1) is 5.82 Å². The number of aryl methyl sites for hydroxylation is 1. The highest BCUT2D eigenvalue weighted by Crippen LogP contribution is 2.25. The van der Waals surface area contributed by atoms with Crippen LogP contribution in [0.15, 0.2) is 24.3 Å². The maximum absolute atomic E-state index is 13.6. The summed E-state index contributed by atoms with van der Waals surface area (Å²) in [5.41, 5.74) is 1.89. The standard InChI is InChI=1S/C13H16FNS/c1-9(2)16-8-11-7-10-5-4-6-12(14)13(10)15(11)3/h4-7,9H,8H2,1-3H3. The van der Waals surface area contributed by atoms with E-state index in [9.17, 15) is 4.39 Å². The van der Waals surface area contributed by atoms with Gasteiger partial charge in [0.25, 0.3) is 0 Å². The van der Waals surface area contributed by atoms with E-state index in [2.05, 4.69) is 19.9 Å². The summed E-state index contributed by atoms with van der Waals surface area (Å²) in [6, 6.07) is 7.31. The molecule has 0 unspecified atom stereocenters. The third-order valence-corrected chi connectivity index (χ3v) is 3.80. The monoisotopic (exact) mass is 237 g/mol. The highest BCUT2D eigenvalue weighted by atomic mass is 32.2. The number of rotatable bonds is 3. The predicted octanol–water partition coefficient (Wildman–Crippen LogP) is 3.96. The molecule has 0 amide bonds. The van der Waals surface area contributed by atoms with Crippen molar-refractivity contribution in [2.75, 3.05) is 0 Å². The topological polar surface area (TPSA) is 4.93 Å². The van der Waals surface area contributed by atoms with Crippen molar-refractivity contribution in [2.45, 2.75) is 24.9 Å². The number of hydrogen-bond acceptors (Lipinski definition) is 1. The van der Waals surface area contributed by atoms with Gasteiger partial charge in [-0.05, 0) is 17.4 Å². The Morgan fingerprint density at radius 1 is 1.38 bits per heavy atom. The molecule has 0 bridgehead atoms. The van der Waals surface area contributed by atoms with E-state index in [0.29, 0.717) is 10.8 Å². The molecule has 1 heterocycles. The molecule has 0 atom stereocenters. The first kappa shape index (κ1) is 11.5. The molecular formula is C13H16FNS. The van der Waals surface area contributed by atoms with Gasteiger partial charge in [-0.3, -0.25) is 0 Å². The van der Waals surface area contributed by atoms with Crippen molar-refractivity contribution in [3.63, 3.8) is 0 Å². The number of fused-ring (bicyclic) bond motifs is 1. The molecule has 0 saturated carbocycles. The second kappa shape index (κ2) is 4.50. The Morgan fingerprint density at radius 2 is 2.12 bits per heavy atom. The molecule has 86 valence electrons. The average molecular weight is 237 g/mol. The number of benzene rings is 1. The third-order valence-electron chi connectivity index (χ3n) is 2.67. The van der Waals surface area contributed by atoms with Crippen LogP contribution >= 0.6 is 11.8 Å². The first-order valence-corrected chi connectivity index (χ1v) is 6.49. The summed E-state index contributed by atoms with van der Waals surface area (Å²) >= 11 is 1.88. The van der Waals surface area contributed by atoms with E-state index < -0.39 is 0 Å². The van der Waals surface area contributed by atoms with Gasteiger partial charge < -0.3 is 4.57 Å². The summed E-state index contributed by atoms with van der Waals surface area (Å²) in [5.74, 6) is 0.795. The van der Waals surface area contributed by atoms with Crippen LogP contribution in [0.2, 0.25) is 0 Å². The molecule has 1 aromatic heterocycles. The minimum absolute atomic E-state index is 0.138. The van der Waals surface area contributed by atoms with Gasteiger partial charge in [-0.1, -0.05) is 26.0 Å². The molecule has 0 aliphatic rings. The van der Waals surface area contributed by atoms with Crippen LogP contribution in [0.3, 0.4) is 0 Å². The Hall–Kier alpha value is -0.960. The molecule has 1 aromatic carbocycles. The van der Waals surface area contributed by atoms with Crippen molar-refractivity contribution in [3.05, 3.63) is 35.8 Å². The van der Waals surface area contributed by atoms with Crippen LogP contribution in [-0.4, -0.2) is 9.82 Å². The zero-order valence-electron chi connectivity index (χ0n) is 9.83. The summed E-state index contributed by atoms with van der Waals surface area (Å²) in [7, 11) is 1.93. The van der Waals surface area contributed by atoms with Crippen molar-refractivity contribution >= 4 is 22.7 Å². The van der Waals surface area contributed by atoms with Crippen molar-refractivity contribution in [2.24, 2.45) is 7.05 Å². The van der Waals surface area contributed by atoms with E-state index in [1.807, 2.05) is 29.4 Å². The number of nitrogens with zero attached hydrogens (tertiary/aromatic N) is 1. The van der Waals surface area contributed by atoms with Crippen molar-refractivity contribution < 1.29 is 4.39 Å². The average Bonchev–Trinajstić information content (AvgIpc) is 2.54. The minimum Gasteiger partial charge on any atom is -0.344 e. The normalized spacial score (nSPS) is 11.6. The summed E-state index contributed by atoms with van der Waals surface area (Å²) in [6.45, 7) is 4.35. The number of thioether (sulfide) groups is 1. The molecule has 2 aromatic rings. The molecule has 0 saturated heterocycles. The molecule has 2 rings (SSSR count). The SMILES string of the molecule is CC(C)SCc1cc2cccc(F)c2n1C. The zero-order chi connectivity index (χ0) is 11.7. The van der Waals surface area contributed by atoms with Gasteiger partial charge in [-0.25, -0.2) is 4.39 Å². The molecule has 0 radical (unpaired) electrons. The molecule has 0 aliphatic carbocycles. The van der Waals surface area contributed by atoms with Gasteiger partial charge in [0.1, 0.15) is 5.82 Å². The second-order valence-corrected chi connectivity index (χ2v) is 5.80. The highest BCUT2D eigenvalue weighted by molar-refractivity contribution is 7.99. The van der Waals surface area contributed by atoms with E-state index in [4.69, 9.17) is 0 Å². The maximum Gasteiger partial charge on any atom is 0.147 e. The lowest BCUT2D eigenvalue weighted by molar-refractivity contribution is 0.631. The fourth-order valence-corrected chi connectivity index (χ4v) is 2.59. The number of aromatic nitrogens is 1. The van der Waals surface area contributed by atoms with Gasteiger partial charge in [0, 0.05) is 23.9 Å². The fourth-order valence-electron chi connectivity index (χ4n) is 1.81. The summed E-state index contributed by atoms with van der Waals surface area (Å²) in [6.07, 6.45) is 0. The molecule has 0 spiro atoms. The number of hydrogen-bond donors (Lipinski definition) is 0. The van der Waals surface area contributed by atoms with Gasteiger partial charge >= 0.3 is 0 Å². The van der Waals surface area contributed by atoms with Crippen LogP contribution in [0.5, 0.6) is 0 Å². The Morgan fingerprint density at radius 3 is 2.75 bits per heavy atom. The van der Waals surface area contributed by atoms with Gasteiger partial charge in [-0.2, -0.15) is 11.8 Å². The van der Waals surface area contributed by atoms with Gasteiger partial charge in [0.15, 0.2) is 0 Å². The fraction of sp³-hybridized carbons (Fsp3) is 0.385. The molecular weight excluding hydrogens is 221 g/mol. The van der Waals surface area contributed by atoms with Crippen LogP contribution in [0.25, 0.3) is 10.9 Å². The molecule has 0 N–H and O–H groups in total. The van der Waals surface area contributed by atoms with Crippen molar-refractivity contribution in [1.82, 2.24) is 4.57 Å².